The van der Waals surface area contributed by atoms with Crippen LogP contribution in [0.5, 0.6) is 0 Å². The smallest absolute Gasteiger partial charge is 0.0331 e. The van der Waals surface area contributed by atoms with Crippen LogP contribution >= 0.6 is 0 Å². The second-order valence-corrected chi connectivity index (χ2v) is 2.27. The quantitative estimate of drug-likeness (QED) is 0.452. The van der Waals surface area contributed by atoms with Gasteiger partial charge in [0.2, 0.25) is 0 Å². The normalized spacial score (nSPS) is 20.6. The maximum Gasteiger partial charge on any atom is 0.0331 e. The molecule has 0 aliphatic carbocycles. The van der Waals surface area contributed by atoms with Gasteiger partial charge in [0.25, 0.3) is 0 Å². The van der Waals surface area contributed by atoms with Crippen molar-refractivity contribution < 1.29 is 0 Å². The molecule has 0 bridgehead atoms. The van der Waals surface area contributed by atoms with E-state index in [9.17, 15) is 0 Å². The summed E-state index contributed by atoms with van der Waals surface area (Å²) in [5.41, 5.74) is 2.29. The standard InChI is InChI=1S/C7H11N/c1-6-4-3-5-7(2)8-6/h1,3-5H2,2H3. The number of hydrogen-bond acceptors (Lipinski definition) is 1. The highest BCUT2D eigenvalue weighted by Crippen LogP contribution is 2.13. The Morgan fingerprint density at radius 3 is 2.62 bits per heavy atom. The van der Waals surface area contributed by atoms with Crippen LogP contribution in [0.2, 0.25) is 0 Å². The molecule has 0 spiro atoms. The molecule has 0 unspecified atom stereocenters. The zero-order chi connectivity index (χ0) is 5.98. The van der Waals surface area contributed by atoms with Gasteiger partial charge in [-0.3, -0.25) is 4.99 Å². The minimum atomic E-state index is 1.05. The number of rotatable bonds is 0. The highest BCUT2D eigenvalue weighted by molar-refractivity contribution is 5.83. The van der Waals surface area contributed by atoms with Crippen LogP contribution in [-0.2, 0) is 0 Å². The Bertz CT molecular complexity index is 133. The lowest BCUT2D eigenvalue weighted by molar-refractivity contribution is 0.812. The van der Waals surface area contributed by atoms with Crippen molar-refractivity contribution in [3.05, 3.63) is 12.3 Å². The van der Waals surface area contributed by atoms with E-state index in [-0.39, 0.29) is 0 Å². The summed E-state index contributed by atoms with van der Waals surface area (Å²) >= 11 is 0. The molecule has 0 saturated heterocycles. The summed E-state index contributed by atoms with van der Waals surface area (Å²) in [5, 5.41) is 0. The second-order valence-electron chi connectivity index (χ2n) is 2.27. The SMILES string of the molecule is C=C1CCCC(C)=N1. The van der Waals surface area contributed by atoms with Crippen LogP contribution in [0.1, 0.15) is 26.2 Å². The third-order valence-corrected chi connectivity index (χ3v) is 1.35. The van der Waals surface area contributed by atoms with Gasteiger partial charge in [0, 0.05) is 11.4 Å². The third-order valence-electron chi connectivity index (χ3n) is 1.35. The molecule has 8 heavy (non-hydrogen) atoms. The van der Waals surface area contributed by atoms with E-state index in [1.165, 1.54) is 18.6 Å². The average Bonchev–Trinajstić information content (AvgIpc) is 1.64. The lowest BCUT2D eigenvalue weighted by atomic mass is 10.1. The van der Waals surface area contributed by atoms with Gasteiger partial charge in [-0.1, -0.05) is 6.58 Å². The van der Waals surface area contributed by atoms with E-state index in [0.29, 0.717) is 0 Å². The zero-order valence-corrected chi connectivity index (χ0v) is 5.28. The molecule has 0 aromatic rings. The van der Waals surface area contributed by atoms with Gasteiger partial charge in [-0.05, 0) is 26.2 Å². The van der Waals surface area contributed by atoms with Gasteiger partial charge >= 0.3 is 0 Å². The Morgan fingerprint density at radius 1 is 1.50 bits per heavy atom. The summed E-state index contributed by atoms with van der Waals surface area (Å²) in [6.07, 6.45) is 3.50. The number of nitrogens with zero attached hydrogens (tertiary/aromatic N) is 1. The van der Waals surface area contributed by atoms with Crippen molar-refractivity contribution in [1.29, 1.82) is 0 Å². The molecule has 0 amide bonds. The first-order chi connectivity index (χ1) is 3.79. The first-order valence-electron chi connectivity index (χ1n) is 3.01. The molecule has 0 saturated carbocycles. The predicted octanol–water partition coefficient (Wildman–Crippen LogP) is 2.14. The van der Waals surface area contributed by atoms with Crippen molar-refractivity contribution in [2.75, 3.05) is 0 Å². The Kier molecular flexibility index (Phi) is 1.47. The summed E-state index contributed by atoms with van der Waals surface area (Å²) in [4.78, 5) is 4.20. The fraction of sp³-hybridized carbons (Fsp3) is 0.571. The fourth-order valence-corrected chi connectivity index (χ4v) is 0.930. The molecule has 1 aliphatic heterocycles. The molecule has 44 valence electrons. The molecule has 1 nitrogen and oxygen atoms in total. The molecule has 1 heteroatoms. The van der Waals surface area contributed by atoms with E-state index >= 15 is 0 Å². The Balaban J connectivity index is 2.64. The van der Waals surface area contributed by atoms with Crippen molar-refractivity contribution in [2.24, 2.45) is 4.99 Å². The van der Waals surface area contributed by atoms with Crippen LogP contribution in [-0.4, -0.2) is 5.71 Å². The van der Waals surface area contributed by atoms with E-state index in [4.69, 9.17) is 0 Å². The molecule has 0 N–H and O–H groups in total. The van der Waals surface area contributed by atoms with Crippen LogP contribution in [0.3, 0.4) is 0 Å². The van der Waals surface area contributed by atoms with Gasteiger partial charge in [0.1, 0.15) is 0 Å². The summed E-state index contributed by atoms with van der Waals surface area (Å²) < 4.78 is 0. The molecular weight excluding hydrogens is 98.1 g/mol. The van der Waals surface area contributed by atoms with Crippen LogP contribution < -0.4 is 0 Å². The molecular formula is C7H11N. The van der Waals surface area contributed by atoms with Crippen LogP contribution in [0.25, 0.3) is 0 Å². The maximum absolute atomic E-state index is 4.20. The number of aliphatic imine (C=N–C) groups is 1. The Labute approximate surface area is 50.1 Å². The van der Waals surface area contributed by atoms with Crippen molar-refractivity contribution in [2.45, 2.75) is 26.2 Å². The van der Waals surface area contributed by atoms with Gasteiger partial charge in [-0.15, -0.1) is 0 Å². The van der Waals surface area contributed by atoms with Gasteiger partial charge in [0.15, 0.2) is 0 Å². The van der Waals surface area contributed by atoms with Crippen molar-refractivity contribution >= 4 is 5.71 Å². The van der Waals surface area contributed by atoms with Crippen LogP contribution in [0.15, 0.2) is 17.3 Å². The molecule has 0 aromatic heterocycles. The van der Waals surface area contributed by atoms with E-state index in [2.05, 4.69) is 18.5 Å². The minimum absolute atomic E-state index is 1.05. The summed E-state index contributed by atoms with van der Waals surface area (Å²) in [6, 6.07) is 0. The summed E-state index contributed by atoms with van der Waals surface area (Å²) in [5.74, 6) is 0. The summed E-state index contributed by atoms with van der Waals surface area (Å²) in [7, 11) is 0. The molecule has 0 radical (unpaired) electrons. The highest BCUT2D eigenvalue weighted by Gasteiger charge is 2.01. The lowest BCUT2D eigenvalue weighted by Gasteiger charge is -2.07. The van der Waals surface area contributed by atoms with Crippen LogP contribution in [0.4, 0.5) is 0 Å². The van der Waals surface area contributed by atoms with Crippen molar-refractivity contribution in [3.63, 3.8) is 0 Å². The van der Waals surface area contributed by atoms with Gasteiger partial charge < -0.3 is 0 Å². The molecule has 0 fully saturated rings. The molecule has 0 aromatic carbocycles. The summed E-state index contributed by atoms with van der Waals surface area (Å²) in [6.45, 7) is 5.84. The maximum atomic E-state index is 4.20. The van der Waals surface area contributed by atoms with E-state index in [1.54, 1.807) is 0 Å². The molecule has 1 rings (SSSR count). The second kappa shape index (κ2) is 2.12. The van der Waals surface area contributed by atoms with E-state index in [0.717, 1.165) is 12.1 Å². The number of allylic oxidation sites excluding steroid dienone is 1. The molecule has 1 heterocycles. The lowest BCUT2D eigenvalue weighted by Crippen LogP contribution is -1.98. The third kappa shape index (κ3) is 1.19. The first-order valence-corrected chi connectivity index (χ1v) is 3.01. The van der Waals surface area contributed by atoms with E-state index < -0.39 is 0 Å². The van der Waals surface area contributed by atoms with Gasteiger partial charge in [-0.25, -0.2) is 0 Å². The fourth-order valence-electron chi connectivity index (χ4n) is 0.930. The Hall–Kier alpha value is -0.590. The predicted molar refractivity (Wildman–Crippen MR) is 36.1 cm³/mol. The topological polar surface area (TPSA) is 12.4 Å². The number of hydrogen-bond donors (Lipinski definition) is 0. The largest absolute Gasteiger partial charge is 0.263 e. The highest BCUT2D eigenvalue weighted by atomic mass is 14.8. The van der Waals surface area contributed by atoms with Gasteiger partial charge in [-0.2, -0.15) is 0 Å². The Morgan fingerprint density at radius 2 is 2.25 bits per heavy atom. The van der Waals surface area contributed by atoms with Crippen molar-refractivity contribution in [3.8, 4) is 0 Å². The van der Waals surface area contributed by atoms with Crippen molar-refractivity contribution in [1.82, 2.24) is 0 Å². The average molecular weight is 109 g/mol. The van der Waals surface area contributed by atoms with E-state index in [1.807, 2.05) is 0 Å². The minimum Gasteiger partial charge on any atom is -0.263 e. The monoisotopic (exact) mass is 109 g/mol. The van der Waals surface area contributed by atoms with Crippen LogP contribution in [0, 0.1) is 0 Å². The molecule has 1 aliphatic rings. The molecule has 0 atom stereocenters. The zero-order valence-electron chi connectivity index (χ0n) is 5.28. The van der Waals surface area contributed by atoms with Gasteiger partial charge in [0.05, 0.1) is 0 Å². The first kappa shape index (κ1) is 5.54.